The van der Waals surface area contributed by atoms with E-state index in [-0.39, 0.29) is 18.2 Å². The second-order valence-electron chi connectivity index (χ2n) is 7.49. The van der Waals surface area contributed by atoms with Crippen molar-refractivity contribution < 1.29 is 14.5 Å². The Kier molecular flexibility index (Phi) is 7.27. The Morgan fingerprint density at radius 2 is 1.83 bits per heavy atom. The van der Waals surface area contributed by atoms with Gasteiger partial charge in [-0.15, -0.1) is 10.2 Å². The summed E-state index contributed by atoms with van der Waals surface area (Å²) in [5.74, 6) is 7.58. The van der Waals surface area contributed by atoms with Crippen molar-refractivity contribution >= 4 is 29.0 Å². The zero-order valence-electron chi connectivity index (χ0n) is 18.8. The summed E-state index contributed by atoms with van der Waals surface area (Å²) in [4.78, 5) is 24.2. The minimum absolute atomic E-state index is 0.0827. The second-order valence-corrected chi connectivity index (χ2v) is 8.44. The molecular weight excluding hydrogens is 468 g/mol. The minimum Gasteiger partial charge on any atom is -0.484 e. The molecule has 2 N–H and O–H groups in total. The van der Waals surface area contributed by atoms with Crippen LogP contribution in [-0.2, 0) is 10.5 Å². The van der Waals surface area contributed by atoms with Gasteiger partial charge < -0.3 is 15.5 Å². The molecule has 0 spiro atoms. The molecule has 0 fully saturated rings. The average molecular weight is 491 g/mol. The van der Waals surface area contributed by atoms with Crippen LogP contribution in [0.5, 0.6) is 5.75 Å². The number of non-ortho nitro benzene ring substituents is 1. The predicted molar refractivity (Wildman–Crippen MR) is 134 cm³/mol. The van der Waals surface area contributed by atoms with Crippen LogP contribution in [-0.4, -0.2) is 39.4 Å². The molecule has 178 valence electrons. The summed E-state index contributed by atoms with van der Waals surface area (Å²) in [7, 11) is 1.55. The van der Waals surface area contributed by atoms with Gasteiger partial charge in [0.1, 0.15) is 5.75 Å². The molecule has 0 aliphatic carbocycles. The van der Waals surface area contributed by atoms with E-state index in [1.807, 2.05) is 42.5 Å². The largest absolute Gasteiger partial charge is 0.484 e. The molecule has 1 amide bonds. The van der Waals surface area contributed by atoms with Gasteiger partial charge in [-0.25, -0.2) is 4.68 Å². The number of aromatic nitrogens is 3. The van der Waals surface area contributed by atoms with Crippen molar-refractivity contribution in [3.8, 4) is 17.1 Å². The van der Waals surface area contributed by atoms with Gasteiger partial charge in [-0.1, -0.05) is 60.3 Å². The van der Waals surface area contributed by atoms with Crippen LogP contribution in [0.15, 0.2) is 84.0 Å². The van der Waals surface area contributed by atoms with Crippen molar-refractivity contribution in [3.05, 3.63) is 94.5 Å². The number of nitrogens with two attached hydrogens (primary N) is 1. The fraction of sp³-hybridized carbons (Fsp3) is 0.125. The van der Waals surface area contributed by atoms with Crippen LogP contribution in [0.2, 0.25) is 0 Å². The normalized spacial score (nSPS) is 10.7. The second kappa shape index (κ2) is 10.7. The van der Waals surface area contributed by atoms with Crippen LogP contribution >= 0.6 is 11.8 Å². The SMILES string of the molecule is CN(C(=O)COc1ccc(CSc2nnc(-c3ccccc3)n2N)cc1)c1cccc([N+](=O)[O-])c1. The Hall–Kier alpha value is -4.38. The van der Waals surface area contributed by atoms with E-state index in [2.05, 4.69) is 10.2 Å². The first kappa shape index (κ1) is 23.8. The maximum Gasteiger partial charge on any atom is 0.271 e. The smallest absolute Gasteiger partial charge is 0.271 e. The van der Waals surface area contributed by atoms with Crippen molar-refractivity contribution in [2.45, 2.75) is 10.9 Å². The van der Waals surface area contributed by atoms with Gasteiger partial charge >= 0.3 is 0 Å². The lowest BCUT2D eigenvalue weighted by Crippen LogP contribution is -2.31. The molecule has 11 heteroatoms. The number of likely N-dealkylation sites (N-methyl/N-ethyl adjacent to an activating group) is 1. The van der Waals surface area contributed by atoms with E-state index in [4.69, 9.17) is 10.6 Å². The first-order chi connectivity index (χ1) is 16.9. The van der Waals surface area contributed by atoms with E-state index in [0.717, 1.165) is 11.1 Å². The molecule has 3 aromatic carbocycles. The summed E-state index contributed by atoms with van der Waals surface area (Å²) in [6, 6.07) is 22.8. The number of amides is 1. The molecule has 0 saturated carbocycles. The fourth-order valence-electron chi connectivity index (χ4n) is 3.19. The molecule has 0 radical (unpaired) electrons. The number of hydrogen-bond acceptors (Lipinski definition) is 8. The highest BCUT2D eigenvalue weighted by Crippen LogP contribution is 2.25. The lowest BCUT2D eigenvalue weighted by molar-refractivity contribution is -0.384. The standard InChI is InChI=1S/C24H22N6O4S/c1-28(19-8-5-9-20(14-19)30(32)33)22(31)15-34-21-12-10-17(11-13-21)16-35-24-27-26-23(29(24)25)18-6-3-2-4-7-18/h2-14H,15-16,25H2,1H3. The van der Waals surface area contributed by atoms with Crippen LogP contribution in [0.4, 0.5) is 11.4 Å². The predicted octanol–water partition coefficient (Wildman–Crippen LogP) is 3.90. The number of hydrogen-bond donors (Lipinski definition) is 1. The Bertz CT molecular complexity index is 1330. The van der Waals surface area contributed by atoms with Crippen LogP contribution < -0.4 is 15.5 Å². The van der Waals surface area contributed by atoms with Crippen molar-refractivity contribution in [3.63, 3.8) is 0 Å². The van der Waals surface area contributed by atoms with Crippen molar-refractivity contribution in [2.24, 2.45) is 0 Å². The zero-order chi connectivity index (χ0) is 24.8. The molecule has 0 bridgehead atoms. The molecule has 0 atom stereocenters. The number of carbonyl (C=O) groups excluding carboxylic acids is 1. The summed E-state index contributed by atoms with van der Waals surface area (Å²) in [6.45, 7) is -0.203. The number of nitro groups is 1. The lowest BCUT2D eigenvalue weighted by Gasteiger charge is -2.17. The lowest BCUT2D eigenvalue weighted by atomic mass is 10.2. The third-order valence-corrected chi connectivity index (χ3v) is 6.17. The molecule has 0 aliphatic rings. The molecular formula is C24H22N6O4S. The fourth-order valence-corrected chi connectivity index (χ4v) is 4.00. The van der Waals surface area contributed by atoms with Gasteiger partial charge in [-0.2, -0.15) is 0 Å². The maximum absolute atomic E-state index is 12.5. The number of benzene rings is 3. The molecule has 1 heterocycles. The summed E-state index contributed by atoms with van der Waals surface area (Å²) in [5.41, 5.74) is 2.25. The molecule has 35 heavy (non-hydrogen) atoms. The number of ether oxygens (including phenoxy) is 1. The quantitative estimate of drug-likeness (QED) is 0.162. The van der Waals surface area contributed by atoms with Crippen LogP contribution in [0.25, 0.3) is 11.4 Å². The van der Waals surface area contributed by atoms with Gasteiger partial charge in [-0.05, 0) is 23.8 Å². The number of nitrogens with zero attached hydrogens (tertiary/aromatic N) is 5. The summed E-state index contributed by atoms with van der Waals surface area (Å²) in [6.07, 6.45) is 0. The highest BCUT2D eigenvalue weighted by Gasteiger charge is 2.15. The molecule has 0 saturated heterocycles. The van der Waals surface area contributed by atoms with E-state index >= 15 is 0 Å². The zero-order valence-corrected chi connectivity index (χ0v) is 19.6. The Morgan fingerprint density at radius 3 is 2.54 bits per heavy atom. The number of thioether (sulfide) groups is 1. The highest BCUT2D eigenvalue weighted by atomic mass is 32.2. The van der Waals surface area contributed by atoms with E-state index in [0.29, 0.717) is 28.2 Å². The Morgan fingerprint density at radius 1 is 1.09 bits per heavy atom. The van der Waals surface area contributed by atoms with E-state index in [1.54, 1.807) is 25.2 Å². The van der Waals surface area contributed by atoms with E-state index < -0.39 is 4.92 Å². The monoisotopic (exact) mass is 490 g/mol. The van der Waals surface area contributed by atoms with Crippen LogP contribution in [0.1, 0.15) is 5.56 Å². The average Bonchev–Trinajstić information content (AvgIpc) is 3.26. The van der Waals surface area contributed by atoms with Gasteiger partial charge in [0.05, 0.1) is 10.6 Å². The third kappa shape index (κ3) is 5.76. The Balaban J connectivity index is 1.30. The van der Waals surface area contributed by atoms with E-state index in [9.17, 15) is 14.9 Å². The number of nitrogen functional groups attached to an aromatic ring is 1. The first-order valence-electron chi connectivity index (χ1n) is 10.5. The number of anilines is 1. The topological polar surface area (TPSA) is 129 Å². The summed E-state index contributed by atoms with van der Waals surface area (Å²) < 4.78 is 7.07. The molecule has 1 aromatic heterocycles. The summed E-state index contributed by atoms with van der Waals surface area (Å²) >= 11 is 1.46. The highest BCUT2D eigenvalue weighted by molar-refractivity contribution is 7.98. The molecule has 10 nitrogen and oxygen atoms in total. The van der Waals surface area contributed by atoms with Crippen LogP contribution in [0.3, 0.4) is 0 Å². The third-order valence-electron chi connectivity index (χ3n) is 5.15. The van der Waals surface area contributed by atoms with Gasteiger partial charge in [0.25, 0.3) is 11.6 Å². The minimum atomic E-state index is -0.502. The molecule has 4 aromatic rings. The van der Waals surface area contributed by atoms with Crippen molar-refractivity contribution in [1.82, 2.24) is 14.9 Å². The number of nitro benzene ring substituents is 1. The molecule has 0 aliphatic heterocycles. The first-order valence-corrected chi connectivity index (χ1v) is 11.5. The number of rotatable bonds is 9. The Labute approximate surface area is 205 Å². The van der Waals surface area contributed by atoms with Gasteiger partial charge in [0.2, 0.25) is 5.16 Å². The van der Waals surface area contributed by atoms with Crippen molar-refractivity contribution in [2.75, 3.05) is 24.4 Å². The maximum atomic E-state index is 12.5. The van der Waals surface area contributed by atoms with Gasteiger partial charge in [-0.3, -0.25) is 14.9 Å². The summed E-state index contributed by atoms with van der Waals surface area (Å²) in [5, 5.41) is 19.9. The van der Waals surface area contributed by atoms with Crippen molar-refractivity contribution in [1.29, 1.82) is 0 Å². The molecule has 4 rings (SSSR count). The van der Waals surface area contributed by atoms with Gasteiger partial charge in [0, 0.05) is 30.5 Å². The van der Waals surface area contributed by atoms with Crippen LogP contribution in [0, 0.1) is 10.1 Å². The number of carbonyl (C=O) groups is 1. The van der Waals surface area contributed by atoms with E-state index in [1.165, 1.54) is 39.5 Å². The van der Waals surface area contributed by atoms with Gasteiger partial charge in [0.15, 0.2) is 12.4 Å². The molecule has 0 unspecified atom stereocenters.